The van der Waals surface area contributed by atoms with Crippen LogP contribution >= 0.6 is 0 Å². The second kappa shape index (κ2) is 23.8. The predicted octanol–water partition coefficient (Wildman–Crippen LogP) is -0.278. The fraction of sp³-hybridized carbons (Fsp3) is 0.718. The molecule has 0 bridgehead atoms. The number of carbonyl (C=O) groups is 10. The molecule has 2 saturated carbocycles. The van der Waals surface area contributed by atoms with Crippen LogP contribution in [0.2, 0.25) is 0 Å². The van der Waals surface area contributed by atoms with E-state index in [1.165, 1.54) is 0 Å². The largest absolute Gasteiger partial charge is 0.481 e. The van der Waals surface area contributed by atoms with Gasteiger partial charge in [0.05, 0.1) is 12.8 Å². The Kier molecular flexibility index (Phi) is 19.3. The van der Waals surface area contributed by atoms with Crippen molar-refractivity contribution in [1.82, 2.24) is 52.5 Å². The molecule has 2 aliphatic rings. The van der Waals surface area contributed by atoms with Crippen molar-refractivity contribution in [2.75, 3.05) is 0 Å². The zero-order chi connectivity index (χ0) is 46.1. The molecule has 2 fully saturated rings. The molecule has 0 unspecified atom stereocenters. The molecule has 0 saturated heterocycles. The van der Waals surface area contributed by atoms with Gasteiger partial charge in [0, 0.05) is 12.8 Å². The number of rotatable bonds is 27. The van der Waals surface area contributed by atoms with E-state index in [0.29, 0.717) is 19.3 Å². The fourth-order valence-corrected chi connectivity index (χ4v) is 7.19. The van der Waals surface area contributed by atoms with Gasteiger partial charge in [0.1, 0.15) is 35.7 Å². The number of tetrazole rings is 1. The van der Waals surface area contributed by atoms with E-state index < -0.39 is 133 Å². The molecule has 1 aromatic heterocycles. The van der Waals surface area contributed by atoms with Crippen molar-refractivity contribution >= 4 is 59.1 Å². The van der Waals surface area contributed by atoms with Gasteiger partial charge >= 0.3 is 17.9 Å². The summed E-state index contributed by atoms with van der Waals surface area (Å²) in [5.74, 6) is -10.8. The van der Waals surface area contributed by atoms with Crippen molar-refractivity contribution in [2.24, 2.45) is 17.8 Å². The first-order valence-corrected chi connectivity index (χ1v) is 21.0. The molecule has 0 aromatic carbocycles. The van der Waals surface area contributed by atoms with Crippen molar-refractivity contribution in [3.8, 4) is 0 Å². The van der Waals surface area contributed by atoms with Crippen molar-refractivity contribution < 1.29 is 63.3 Å². The van der Waals surface area contributed by atoms with Gasteiger partial charge in [-0.25, -0.2) is 0 Å². The molecule has 0 radical (unpaired) electrons. The average Bonchev–Trinajstić information content (AvgIpc) is 3.78. The number of aromatic amines is 1. The minimum atomic E-state index is -1.77. The number of hydrogen-bond acceptors (Lipinski definition) is 13. The molecule has 0 spiro atoms. The first kappa shape index (κ1) is 50.3. The highest BCUT2D eigenvalue weighted by molar-refractivity contribution is 6.05. The van der Waals surface area contributed by atoms with Crippen LogP contribution in [-0.4, -0.2) is 131 Å². The topological polar surface area (TPSA) is 358 Å². The summed E-state index contributed by atoms with van der Waals surface area (Å²) < 4.78 is 0. The lowest BCUT2D eigenvalue weighted by molar-refractivity contribution is -0.142. The molecular formula is C39H60N10O13. The number of ketones is 1. The molecule has 62 heavy (non-hydrogen) atoms. The third-order valence-electron chi connectivity index (χ3n) is 11.0. The van der Waals surface area contributed by atoms with E-state index in [0.717, 1.165) is 32.1 Å². The number of nitrogens with one attached hydrogen (secondary N) is 7. The maximum absolute atomic E-state index is 14.2. The minimum absolute atomic E-state index is 0.0104. The normalized spacial score (nSPS) is 17.4. The number of aliphatic carboxylic acids is 3. The molecule has 6 amide bonds. The Bertz CT molecular complexity index is 1780. The van der Waals surface area contributed by atoms with E-state index in [1.807, 2.05) is 0 Å². The van der Waals surface area contributed by atoms with E-state index in [-0.39, 0.29) is 30.5 Å². The van der Waals surface area contributed by atoms with Gasteiger partial charge in [0.15, 0.2) is 0 Å². The van der Waals surface area contributed by atoms with Gasteiger partial charge < -0.3 is 47.2 Å². The predicted molar refractivity (Wildman–Crippen MR) is 214 cm³/mol. The zero-order valence-corrected chi connectivity index (χ0v) is 35.5. The molecule has 10 N–H and O–H groups in total. The zero-order valence-electron chi connectivity index (χ0n) is 35.5. The first-order valence-electron chi connectivity index (χ1n) is 21.0. The van der Waals surface area contributed by atoms with Crippen LogP contribution in [0.25, 0.3) is 0 Å². The van der Waals surface area contributed by atoms with Crippen LogP contribution in [0.1, 0.15) is 135 Å². The van der Waals surface area contributed by atoms with Crippen molar-refractivity contribution in [3.05, 3.63) is 5.82 Å². The lowest BCUT2D eigenvalue weighted by Gasteiger charge is -2.31. The summed E-state index contributed by atoms with van der Waals surface area (Å²) in [6, 6.07) is -7.07. The molecule has 1 aromatic rings. The Morgan fingerprint density at radius 2 is 1.29 bits per heavy atom. The van der Waals surface area contributed by atoms with Crippen LogP contribution in [-0.2, 0) is 43.2 Å². The Morgan fingerprint density at radius 1 is 0.694 bits per heavy atom. The van der Waals surface area contributed by atoms with E-state index in [4.69, 9.17) is 5.11 Å². The first-order chi connectivity index (χ1) is 29.2. The summed E-state index contributed by atoms with van der Waals surface area (Å²) in [5, 5.41) is 56.0. The highest BCUT2D eigenvalue weighted by Gasteiger charge is 2.53. The summed E-state index contributed by atoms with van der Waals surface area (Å²) in [6.45, 7) is 7.01. The Morgan fingerprint density at radius 3 is 1.84 bits per heavy atom. The standard InChI is InChI=1S/C39H60N10O13/c1-5-21(4)31(38(62)43-25(18-22-9-7-6-8-10-22)37(61)45-39(15-16-39)32(57)33-46-48-49-47-33)44-36(60)24(17-20(2)3)42-34(58)23(11-13-28(51)52)41-35(59)26(19-30(55)56)40-27(50)12-14-29(53)54/h20-26,31H,5-19H2,1-4H3,(H,40,50)(H,41,59)(H,42,58)(H,43,62)(H,44,60)(H,45,61)(H,51,52)(H,53,54)(H,55,56)(H,46,47,48,49)/t21-,23+,24-,25-,26-,31-/m0/s1. The van der Waals surface area contributed by atoms with Gasteiger partial charge in [-0.15, -0.1) is 10.2 Å². The van der Waals surface area contributed by atoms with E-state index in [2.05, 4.69) is 52.5 Å². The van der Waals surface area contributed by atoms with Gasteiger partial charge in [-0.05, 0) is 55.1 Å². The van der Waals surface area contributed by atoms with Gasteiger partial charge in [-0.2, -0.15) is 5.21 Å². The van der Waals surface area contributed by atoms with E-state index in [9.17, 15) is 58.2 Å². The second-order valence-electron chi connectivity index (χ2n) is 16.6. The lowest BCUT2D eigenvalue weighted by atomic mass is 9.84. The number of carbonyl (C=O) groups excluding carboxylic acids is 7. The van der Waals surface area contributed by atoms with Crippen molar-refractivity contribution in [2.45, 2.75) is 160 Å². The molecule has 0 aliphatic heterocycles. The Balaban J connectivity index is 1.82. The number of amides is 6. The number of nitrogens with zero attached hydrogens (tertiary/aromatic N) is 3. The van der Waals surface area contributed by atoms with E-state index in [1.54, 1.807) is 27.7 Å². The van der Waals surface area contributed by atoms with Crippen LogP contribution < -0.4 is 31.9 Å². The number of carboxylic acid groups (broad SMARTS) is 3. The van der Waals surface area contributed by atoms with Gasteiger partial charge in [-0.3, -0.25) is 47.9 Å². The van der Waals surface area contributed by atoms with Crippen LogP contribution in [0.15, 0.2) is 0 Å². The SMILES string of the molecule is CC[C@H](C)[C@H](NC(=O)[C@H](CC(C)C)NC(=O)[C@@H](CCC(=O)O)NC(=O)[C@H](CC(=O)O)NC(=O)CCC(=O)O)C(=O)N[C@@H](CC1CCCCC1)C(=O)NC1(C(=O)c2nn[nH]n2)CC1. The minimum Gasteiger partial charge on any atom is -0.481 e. The highest BCUT2D eigenvalue weighted by Crippen LogP contribution is 2.38. The van der Waals surface area contributed by atoms with E-state index >= 15 is 0 Å². The van der Waals surface area contributed by atoms with Crippen LogP contribution in [0.5, 0.6) is 0 Å². The molecule has 23 heteroatoms. The average molecular weight is 877 g/mol. The van der Waals surface area contributed by atoms with Crippen LogP contribution in [0.4, 0.5) is 0 Å². The van der Waals surface area contributed by atoms with Crippen LogP contribution in [0.3, 0.4) is 0 Å². The maximum Gasteiger partial charge on any atom is 0.305 e. The summed E-state index contributed by atoms with van der Waals surface area (Å²) in [7, 11) is 0. The summed E-state index contributed by atoms with van der Waals surface area (Å²) >= 11 is 0. The Hall–Kier alpha value is -6.03. The smallest absolute Gasteiger partial charge is 0.305 e. The third-order valence-corrected chi connectivity index (χ3v) is 11.0. The molecule has 1 heterocycles. The number of hydrogen-bond donors (Lipinski definition) is 10. The lowest BCUT2D eigenvalue weighted by Crippen LogP contribution is -2.61. The van der Waals surface area contributed by atoms with Crippen molar-refractivity contribution in [3.63, 3.8) is 0 Å². The molecule has 2 aliphatic carbocycles. The van der Waals surface area contributed by atoms with Gasteiger partial charge in [0.2, 0.25) is 47.1 Å². The number of aromatic nitrogens is 4. The second-order valence-corrected chi connectivity index (χ2v) is 16.6. The molecule has 344 valence electrons. The fourth-order valence-electron chi connectivity index (χ4n) is 7.19. The monoisotopic (exact) mass is 876 g/mol. The summed E-state index contributed by atoms with van der Waals surface area (Å²) in [5.41, 5.74) is -1.25. The van der Waals surface area contributed by atoms with Crippen molar-refractivity contribution in [1.29, 1.82) is 0 Å². The maximum atomic E-state index is 14.2. The number of Topliss-reactive ketones (excluding diaryl/α,β-unsaturated/α-hetero) is 1. The number of H-pyrrole nitrogens is 1. The highest BCUT2D eigenvalue weighted by atomic mass is 16.4. The van der Waals surface area contributed by atoms with Crippen LogP contribution in [0, 0.1) is 17.8 Å². The number of carboxylic acids is 3. The molecule has 6 atom stereocenters. The quantitative estimate of drug-likeness (QED) is 0.0508. The Labute approximate surface area is 357 Å². The summed E-state index contributed by atoms with van der Waals surface area (Å²) in [6.07, 6.45) is 2.67. The van der Waals surface area contributed by atoms with Gasteiger partial charge in [0.25, 0.3) is 0 Å². The molecular weight excluding hydrogens is 816 g/mol. The third kappa shape index (κ3) is 16.1. The summed E-state index contributed by atoms with van der Waals surface area (Å²) in [4.78, 5) is 129. The molecule has 3 rings (SSSR count). The molecule has 23 nitrogen and oxygen atoms in total. The van der Waals surface area contributed by atoms with Gasteiger partial charge in [-0.1, -0.05) is 66.2 Å².